The molecule has 0 saturated heterocycles. The summed E-state index contributed by atoms with van der Waals surface area (Å²) in [6.45, 7) is 4.49. The molecule has 33 heavy (non-hydrogen) atoms. The van der Waals surface area contributed by atoms with Crippen molar-refractivity contribution in [1.82, 2.24) is 14.3 Å². The first-order valence-electron chi connectivity index (χ1n) is 11.0. The molecule has 4 aromatic rings. The van der Waals surface area contributed by atoms with Crippen molar-refractivity contribution in [3.8, 4) is 0 Å². The van der Waals surface area contributed by atoms with E-state index in [1.165, 1.54) is 0 Å². The molecule has 172 valence electrons. The molecule has 1 N–H and O–H groups in total. The number of hydrogen-bond acceptors (Lipinski definition) is 4. The summed E-state index contributed by atoms with van der Waals surface area (Å²) in [6.07, 6.45) is 2.26. The van der Waals surface area contributed by atoms with Crippen molar-refractivity contribution in [2.24, 2.45) is 0 Å². The van der Waals surface area contributed by atoms with Gasteiger partial charge < -0.3 is 4.57 Å². The third-order valence-corrected chi connectivity index (χ3v) is 8.00. The minimum absolute atomic E-state index is 0.0537. The van der Waals surface area contributed by atoms with Crippen LogP contribution in [0.4, 0.5) is 0 Å². The number of aryl methyl sites for hydroxylation is 1. The second-order valence-corrected chi connectivity index (χ2v) is 10.8. The van der Waals surface area contributed by atoms with Crippen LogP contribution in [0, 0.1) is 6.92 Å². The monoisotopic (exact) mass is 527 g/mol. The Morgan fingerprint density at radius 3 is 2.67 bits per heavy atom. The van der Waals surface area contributed by atoms with Crippen molar-refractivity contribution < 1.29 is 13.2 Å². The van der Waals surface area contributed by atoms with E-state index in [1.54, 1.807) is 18.2 Å². The molecule has 6 nitrogen and oxygen atoms in total. The van der Waals surface area contributed by atoms with E-state index >= 15 is 0 Å². The number of carbonyl (C=O) groups is 1. The number of halogens is 1. The predicted molar refractivity (Wildman–Crippen MR) is 136 cm³/mol. The van der Waals surface area contributed by atoms with Gasteiger partial charge in [-0.2, -0.15) is 0 Å². The first kappa shape index (κ1) is 23.4. The van der Waals surface area contributed by atoms with E-state index < -0.39 is 15.9 Å². The summed E-state index contributed by atoms with van der Waals surface area (Å²) >= 11 is 3.75. The van der Waals surface area contributed by atoms with Crippen molar-refractivity contribution in [2.75, 3.05) is 5.75 Å². The van der Waals surface area contributed by atoms with Gasteiger partial charge in [0.1, 0.15) is 5.82 Å². The Balaban J connectivity index is 1.64. The summed E-state index contributed by atoms with van der Waals surface area (Å²) in [6, 6.07) is 17.4. The highest BCUT2D eigenvalue weighted by molar-refractivity contribution is 9.10. The van der Waals surface area contributed by atoms with E-state index in [0.29, 0.717) is 18.5 Å². The largest absolute Gasteiger partial charge is 0.324 e. The molecule has 0 aliphatic carbocycles. The molecule has 0 fully saturated rings. The van der Waals surface area contributed by atoms with Gasteiger partial charge in [-0.15, -0.1) is 0 Å². The van der Waals surface area contributed by atoms with E-state index in [1.807, 2.05) is 30.5 Å². The number of hydrogen-bond donors (Lipinski definition) is 1. The molecule has 4 rings (SSSR count). The van der Waals surface area contributed by atoms with Crippen molar-refractivity contribution in [2.45, 2.75) is 39.7 Å². The maximum Gasteiger partial charge on any atom is 0.264 e. The van der Waals surface area contributed by atoms with Crippen molar-refractivity contribution in [3.05, 3.63) is 76.0 Å². The molecule has 1 heterocycles. The molecule has 3 aromatic carbocycles. The van der Waals surface area contributed by atoms with Gasteiger partial charge >= 0.3 is 0 Å². The molecular weight excluding hydrogens is 502 g/mol. The second-order valence-electron chi connectivity index (χ2n) is 8.17. The molecule has 1 aromatic heterocycles. The van der Waals surface area contributed by atoms with Crippen LogP contribution in [0.2, 0.25) is 0 Å². The van der Waals surface area contributed by atoms with Gasteiger partial charge in [-0.1, -0.05) is 56.2 Å². The van der Waals surface area contributed by atoms with Crippen LogP contribution < -0.4 is 4.72 Å². The molecule has 0 saturated carbocycles. The molecule has 0 aliphatic heterocycles. The van der Waals surface area contributed by atoms with Crippen molar-refractivity contribution in [1.29, 1.82) is 0 Å². The van der Waals surface area contributed by atoms with E-state index in [0.717, 1.165) is 50.5 Å². The highest BCUT2D eigenvalue weighted by Gasteiger charge is 2.18. The lowest BCUT2D eigenvalue weighted by molar-refractivity contribution is 0.0981. The smallest absolute Gasteiger partial charge is 0.264 e. The van der Waals surface area contributed by atoms with Crippen LogP contribution in [0.5, 0.6) is 0 Å². The van der Waals surface area contributed by atoms with Gasteiger partial charge in [-0.05, 0) is 63.8 Å². The van der Waals surface area contributed by atoms with Gasteiger partial charge in [0.25, 0.3) is 5.91 Å². The molecule has 0 unspecified atom stereocenters. The van der Waals surface area contributed by atoms with Crippen molar-refractivity contribution in [3.63, 3.8) is 0 Å². The molecule has 1 amide bonds. The first-order valence-corrected chi connectivity index (χ1v) is 13.4. The maximum atomic E-state index is 12.7. The number of aromatic nitrogens is 2. The van der Waals surface area contributed by atoms with E-state index in [2.05, 4.69) is 49.9 Å². The zero-order chi connectivity index (χ0) is 23.6. The zero-order valence-electron chi connectivity index (χ0n) is 18.6. The highest BCUT2D eigenvalue weighted by atomic mass is 79.9. The van der Waals surface area contributed by atoms with Crippen LogP contribution in [0.25, 0.3) is 21.8 Å². The van der Waals surface area contributed by atoms with E-state index in [4.69, 9.17) is 0 Å². The fourth-order valence-electron chi connectivity index (χ4n) is 3.95. The molecule has 0 bridgehead atoms. The quantitative estimate of drug-likeness (QED) is 0.304. The zero-order valence-corrected chi connectivity index (χ0v) is 21.0. The summed E-state index contributed by atoms with van der Waals surface area (Å²) in [5.74, 6) is 0.141. The Morgan fingerprint density at radius 2 is 1.88 bits per heavy atom. The van der Waals surface area contributed by atoms with Gasteiger partial charge in [-0.3, -0.25) is 4.79 Å². The van der Waals surface area contributed by atoms with E-state index in [9.17, 15) is 13.2 Å². The minimum atomic E-state index is -3.66. The van der Waals surface area contributed by atoms with Crippen molar-refractivity contribution >= 4 is 53.7 Å². The lowest BCUT2D eigenvalue weighted by Gasteiger charge is -2.12. The van der Waals surface area contributed by atoms with Gasteiger partial charge in [0, 0.05) is 10.0 Å². The predicted octanol–water partition coefficient (Wildman–Crippen LogP) is 5.56. The van der Waals surface area contributed by atoms with Gasteiger partial charge in [0.2, 0.25) is 10.0 Å². The van der Waals surface area contributed by atoms with Crippen LogP contribution >= 0.6 is 15.9 Å². The number of fused-ring (bicyclic) bond motifs is 2. The fraction of sp³-hybridized carbons (Fsp3) is 0.280. The molecule has 8 heteroatoms. The molecule has 0 atom stereocenters. The number of carbonyl (C=O) groups excluding carboxylic acids is 1. The average molecular weight is 528 g/mol. The maximum absolute atomic E-state index is 12.7. The molecule has 0 radical (unpaired) electrons. The summed E-state index contributed by atoms with van der Waals surface area (Å²) in [5, 5.41) is 2.28. The summed E-state index contributed by atoms with van der Waals surface area (Å²) in [4.78, 5) is 17.3. The molecule has 0 aliphatic rings. The van der Waals surface area contributed by atoms with Gasteiger partial charge in [-0.25, -0.2) is 18.1 Å². The Kier molecular flexibility index (Phi) is 6.86. The first-order chi connectivity index (χ1) is 15.8. The summed E-state index contributed by atoms with van der Waals surface area (Å²) in [5.41, 5.74) is 2.92. The van der Waals surface area contributed by atoms with Gasteiger partial charge in [0.05, 0.1) is 23.3 Å². The lowest BCUT2D eigenvalue weighted by Crippen LogP contribution is -2.32. The van der Waals surface area contributed by atoms with E-state index in [-0.39, 0.29) is 5.75 Å². The summed E-state index contributed by atoms with van der Waals surface area (Å²) in [7, 11) is -3.66. The molecular formula is C25H26BrN3O3S. The number of imidazole rings is 1. The number of nitrogens with zero attached hydrogens (tertiary/aromatic N) is 2. The second kappa shape index (κ2) is 9.65. The number of nitrogens with one attached hydrogen (secondary N) is 1. The van der Waals surface area contributed by atoms with Crippen LogP contribution in [-0.4, -0.2) is 29.6 Å². The Labute approximate surface area is 202 Å². The molecule has 0 spiro atoms. The lowest BCUT2D eigenvalue weighted by atomic mass is 10.1. The Hall–Kier alpha value is -2.71. The van der Waals surface area contributed by atoms with Crippen LogP contribution in [0.15, 0.2) is 59.1 Å². The normalized spacial score (nSPS) is 11.8. The fourth-order valence-corrected chi connectivity index (χ4v) is 5.65. The SMILES string of the molecule is CCCCCS(=O)(=O)NC(=O)c1ccc2nc(C)n(Cc3ccc4ccccc4c3Br)c2c1. The number of amides is 1. The number of benzene rings is 3. The average Bonchev–Trinajstić information content (AvgIpc) is 3.09. The minimum Gasteiger partial charge on any atom is -0.324 e. The topological polar surface area (TPSA) is 81.1 Å². The Morgan fingerprint density at radius 1 is 1.09 bits per heavy atom. The standard InChI is InChI=1S/C25H26BrN3O3S/c1-3-4-7-14-33(31,32)28-25(30)19-12-13-22-23(15-19)29(17(2)27-22)16-20-11-10-18-8-5-6-9-21(18)24(20)26/h5-6,8-13,15H,3-4,7,14,16H2,1-2H3,(H,28,30). The van der Waals surface area contributed by atoms with Crippen LogP contribution in [0.3, 0.4) is 0 Å². The number of rotatable bonds is 8. The van der Waals surface area contributed by atoms with Gasteiger partial charge in [0.15, 0.2) is 0 Å². The van der Waals surface area contributed by atoms with Crippen LogP contribution in [-0.2, 0) is 16.6 Å². The highest BCUT2D eigenvalue weighted by Crippen LogP contribution is 2.29. The van der Waals surface area contributed by atoms with Crippen LogP contribution in [0.1, 0.15) is 47.9 Å². The third kappa shape index (κ3) is 5.12. The Bertz CT molecular complexity index is 1440. The number of unbranched alkanes of at least 4 members (excludes halogenated alkanes) is 2. The third-order valence-electron chi connectivity index (χ3n) is 5.74. The summed E-state index contributed by atoms with van der Waals surface area (Å²) < 4.78 is 29.8. The number of sulfonamides is 1.